The Morgan fingerprint density at radius 1 is 1.33 bits per heavy atom. The SMILES string of the molecule is CC(C)CCCC(=O)N1CCCC1COC(C)C. The van der Waals surface area contributed by atoms with Gasteiger partial charge in [0.2, 0.25) is 5.91 Å². The Balaban J connectivity index is 2.31. The Labute approximate surface area is 112 Å². The highest BCUT2D eigenvalue weighted by atomic mass is 16.5. The molecule has 0 radical (unpaired) electrons. The Morgan fingerprint density at radius 3 is 2.67 bits per heavy atom. The molecule has 18 heavy (non-hydrogen) atoms. The first-order valence-corrected chi connectivity index (χ1v) is 7.41. The molecule has 3 heteroatoms. The Bertz CT molecular complexity index is 251. The molecule has 1 aliphatic heterocycles. The lowest BCUT2D eigenvalue weighted by Gasteiger charge is -2.25. The van der Waals surface area contributed by atoms with E-state index >= 15 is 0 Å². The molecule has 3 nitrogen and oxygen atoms in total. The molecule has 106 valence electrons. The summed E-state index contributed by atoms with van der Waals surface area (Å²) in [5.41, 5.74) is 0. The van der Waals surface area contributed by atoms with Crippen LogP contribution < -0.4 is 0 Å². The Morgan fingerprint density at radius 2 is 2.06 bits per heavy atom. The zero-order valence-corrected chi connectivity index (χ0v) is 12.4. The third-order valence-electron chi connectivity index (χ3n) is 3.49. The zero-order chi connectivity index (χ0) is 13.5. The summed E-state index contributed by atoms with van der Waals surface area (Å²) in [4.78, 5) is 14.2. The van der Waals surface area contributed by atoms with Crippen LogP contribution in [0.2, 0.25) is 0 Å². The second-order valence-corrected chi connectivity index (χ2v) is 6.05. The zero-order valence-electron chi connectivity index (χ0n) is 12.4. The number of likely N-dealkylation sites (tertiary alicyclic amines) is 1. The summed E-state index contributed by atoms with van der Waals surface area (Å²) in [6.07, 6.45) is 5.35. The molecule has 0 aromatic heterocycles. The first kappa shape index (κ1) is 15.5. The maximum Gasteiger partial charge on any atom is 0.222 e. The minimum absolute atomic E-state index is 0.253. The van der Waals surface area contributed by atoms with Gasteiger partial charge in [-0.15, -0.1) is 0 Å². The number of ether oxygens (including phenoxy) is 1. The van der Waals surface area contributed by atoms with Gasteiger partial charge in [0.05, 0.1) is 18.8 Å². The Kier molecular flexibility index (Phi) is 6.69. The minimum Gasteiger partial charge on any atom is -0.377 e. The van der Waals surface area contributed by atoms with Crippen LogP contribution in [-0.2, 0) is 9.53 Å². The summed E-state index contributed by atoms with van der Waals surface area (Å²) in [5, 5.41) is 0. The van der Waals surface area contributed by atoms with Crippen LogP contribution in [0.15, 0.2) is 0 Å². The average molecular weight is 255 g/mol. The summed E-state index contributed by atoms with van der Waals surface area (Å²) in [5.74, 6) is 1.02. The van der Waals surface area contributed by atoms with Crippen LogP contribution in [0.5, 0.6) is 0 Å². The van der Waals surface area contributed by atoms with Crippen molar-refractivity contribution in [2.75, 3.05) is 13.2 Å². The topological polar surface area (TPSA) is 29.5 Å². The standard InChI is InChI=1S/C15H29NO2/c1-12(2)7-5-9-15(17)16-10-6-8-14(16)11-18-13(3)4/h12-14H,5-11H2,1-4H3. The fourth-order valence-corrected chi connectivity index (χ4v) is 2.45. The van der Waals surface area contributed by atoms with Crippen molar-refractivity contribution in [3.63, 3.8) is 0 Å². The van der Waals surface area contributed by atoms with Crippen molar-refractivity contribution in [3.8, 4) is 0 Å². The fourth-order valence-electron chi connectivity index (χ4n) is 2.45. The molecule has 0 saturated carbocycles. The van der Waals surface area contributed by atoms with Gasteiger partial charge in [-0.05, 0) is 39.0 Å². The van der Waals surface area contributed by atoms with E-state index in [1.807, 2.05) is 18.7 Å². The highest BCUT2D eigenvalue weighted by molar-refractivity contribution is 5.76. The third kappa shape index (κ3) is 5.38. The van der Waals surface area contributed by atoms with Gasteiger partial charge >= 0.3 is 0 Å². The molecule has 1 aliphatic rings. The smallest absolute Gasteiger partial charge is 0.222 e. The van der Waals surface area contributed by atoms with Crippen molar-refractivity contribution < 1.29 is 9.53 Å². The quantitative estimate of drug-likeness (QED) is 0.699. The van der Waals surface area contributed by atoms with Gasteiger partial charge in [-0.1, -0.05) is 20.3 Å². The predicted octanol–water partition coefficient (Wildman–Crippen LogP) is 3.23. The maximum absolute atomic E-state index is 12.2. The predicted molar refractivity (Wildman–Crippen MR) is 74.5 cm³/mol. The number of nitrogens with zero attached hydrogens (tertiary/aromatic N) is 1. The number of carbonyl (C=O) groups excluding carboxylic acids is 1. The molecule has 1 heterocycles. The summed E-state index contributed by atoms with van der Waals surface area (Å²) in [7, 11) is 0. The number of hydrogen-bond acceptors (Lipinski definition) is 2. The van der Waals surface area contributed by atoms with Gasteiger partial charge in [0.15, 0.2) is 0 Å². The van der Waals surface area contributed by atoms with Gasteiger partial charge in [0.25, 0.3) is 0 Å². The van der Waals surface area contributed by atoms with Gasteiger partial charge in [-0.3, -0.25) is 4.79 Å². The molecule has 0 N–H and O–H groups in total. The van der Waals surface area contributed by atoms with E-state index in [1.54, 1.807) is 0 Å². The van der Waals surface area contributed by atoms with Crippen LogP contribution in [0.3, 0.4) is 0 Å². The molecule has 0 aliphatic carbocycles. The largest absolute Gasteiger partial charge is 0.377 e. The van der Waals surface area contributed by atoms with Crippen LogP contribution in [-0.4, -0.2) is 36.1 Å². The van der Waals surface area contributed by atoms with Crippen molar-refractivity contribution in [3.05, 3.63) is 0 Å². The molecule has 0 spiro atoms. The van der Waals surface area contributed by atoms with Crippen molar-refractivity contribution >= 4 is 5.91 Å². The highest BCUT2D eigenvalue weighted by Gasteiger charge is 2.28. The highest BCUT2D eigenvalue weighted by Crippen LogP contribution is 2.20. The second kappa shape index (κ2) is 7.78. The number of carbonyl (C=O) groups is 1. The normalized spacial score (nSPS) is 20.1. The van der Waals surface area contributed by atoms with E-state index in [2.05, 4.69) is 13.8 Å². The van der Waals surface area contributed by atoms with Crippen LogP contribution in [0.1, 0.15) is 59.8 Å². The molecule has 1 atom stereocenters. The molecular weight excluding hydrogens is 226 g/mol. The minimum atomic E-state index is 0.253. The molecule has 1 saturated heterocycles. The molecule has 1 unspecified atom stereocenters. The first-order chi connectivity index (χ1) is 8.50. The summed E-state index contributed by atoms with van der Waals surface area (Å²) in [6.45, 7) is 10.1. The second-order valence-electron chi connectivity index (χ2n) is 6.05. The number of hydrogen-bond donors (Lipinski definition) is 0. The van der Waals surface area contributed by atoms with Crippen LogP contribution in [0, 0.1) is 5.92 Å². The van der Waals surface area contributed by atoms with Crippen molar-refractivity contribution in [2.45, 2.75) is 71.9 Å². The van der Waals surface area contributed by atoms with E-state index in [-0.39, 0.29) is 6.10 Å². The lowest BCUT2D eigenvalue weighted by atomic mass is 10.1. The third-order valence-corrected chi connectivity index (χ3v) is 3.49. The van der Waals surface area contributed by atoms with Crippen molar-refractivity contribution in [1.82, 2.24) is 4.90 Å². The van der Waals surface area contributed by atoms with Crippen LogP contribution in [0.25, 0.3) is 0 Å². The number of amides is 1. The maximum atomic E-state index is 12.2. The van der Waals surface area contributed by atoms with Crippen molar-refractivity contribution in [1.29, 1.82) is 0 Å². The lowest BCUT2D eigenvalue weighted by molar-refractivity contribution is -0.133. The van der Waals surface area contributed by atoms with Gasteiger partial charge < -0.3 is 9.64 Å². The van der Waals surface area contributed by atoms with Gasteiger partial charge in [0.1, 0.15) is 0 Å². The molecule has 0 aromatic carbocycles. The van der Waals surface area contributed by atoms with E-state index in [0.717, 1.165) is 32.2 Å². The first-order valence-electron chi connectivity index (χ1n) is 7.41. The lowest BCUT2D eigenvalue weighted by Crippen LogP contribution is -2.38. The van der Waals surface area contributed by atoms with Crippen LogP contribution >= 0.6 is 0 Å². The summed E-state index contributed by atoms with van der Waals surface area (Å²) in [6, 6.07) is 0.318. The van der Waals surface area contributed by atoms with E-state index < -0.39 is 0 Å². The molecular formula is C15H29NO2. The van der Waals surface area contributed by atoms with E-state index in [4.69, 9.17) is 4.74 Å². The molecule has 1 amide bonds. The number of rotatable bonds is 7. The van der Waals surface area contributed by atoms with Crippen LogP contribution in [0.4, 0.5) is 0 Å². The van der Waals surface area contributed by atoms with Gasteiger partial charge in [-0.2, -0.15) is 0 Å². The van der Waals surface area contributed by atoms with E-state index in [0.29, 0.717) is 30.9 Å². The molecule has 1 fully saturated rings. The van der Waals surface area contributed by atoms with E-state index in [1.165, 1.54) is 0 Å². The fraction of sp³-hybridized carbons (Fsp3) is 0.933. The molecule has 0 bridgehead atoms. The molecule has 0 aromatic rings. The average Bonchev–Trinajstić information content (AvgIpc) is 2.73. The summed E-state index contributed by atoms with van der Waals surface area (Å²) >= 11 is 0. The van der Waals surface area contributed by atoms with E-state index in [9.17, 15) is 4.79 Å². The van der Waals surface area contributed by atoms with Gasteiger partial charge in [0, 0.05) is 13.0 Å². The monoisotopic (exact) mass is 255 g/mol. The molecule has 1 rings (SSSR count). The van der Waals surface area contributed by atoms with Crippen molar-refractivity contribution in [2.24, 2.45) is 5.92 Å². The van der Waals surface area contributed by atoms with Gasteiger partial charge in [-0.25, -0.2) is 0 Å². The Hall–Kier alpha value is -0.570. The summed E-state index contributed by atoms with van der Waals surface area (Å²) < 4.78 is 5.65.